The van der Waals surface area contributed by atoms with Crippen molar-refractivity contribution in [2.24, 2.45) is 0 Å². The van der Waals surface area contributed by atoms with Gasteiger partial charge >= 0.3 is 0 Å². The van der Waals surface area contributed by atoms with E-state index in [0.717, 1.165) is 10.2 Å². The van der Waals surface area contributed by atoms with Crippen molar-refractivity contribution < 1.29 is 14.3 Å². The van der Waals surface area contributed by atoms with Crippen molar-refractivity contribution in [3.05, 3.63) is 42.5 Å². The number of methoxy groups -OCH3 is 2. The van der Waals surface area contributed by atoms with Crippen molar-refractivity contribution in [1.82, 2.24) is 25.2 Å². The highest BCUT2D eigenvalue weighted by molar-refractivity contribution is 7.99. The number of fused-ring (bicyclic) bond motifs is 1. The van der Waals surface area contributed by atoms with E-state index in [2.05, 4.69) is 25.8 Å². The molecule has 0 bridgehead atoms. The van der Waals surface area contributed by atoms with Gasteiger partial charge in [0.15, 0.2) is 5.13 Å². The Bertz CT molecular complexity index is 1130. The van der Waals surface area contributed by atoms with Crippen LogP contribution >= 0.6 is 23.1 Å². The number of amides is 1. The molecule has 0 spiro atoms. The van der Waals surface area contributed by atoms with Crippen LogP contribution in [0.25, 0.3) is 15.9 Å². The molecule has 0 radical (unpaired) electrons. The van der Waals surface area contributed by atoms with Crippen LogP contribution in [0.1, 0.15) is 0 Å². The normalized spacial score (nSPS) is 10.8. The van der Waals surface area contributed by atoms with Crippen LogP contribution in [0.15, 0.2) is 47.6 Å². The second kappa shape index (κ2) is 8.45. The zero-order chi connectivity index (χ0) is 20.2. The Labute approximate surface area is 174 Å². The van der Waals surface area contributed by atoms with Crippen LogP contribution in [0.5, 0.6) is 11.5 Å². The smallest absolute Gasteiger partial charge is 0.236 e. The number of carbonyl (C=O) groups is 1. The summed E-state index contributed by atoms with van der Waals surface area (Å²) in [6.07, 6.45) is 0. The van der Waals surface area contributed by atoms with E-state index in [1.165, 1.54) is 27.8 Å². The molecule has 0 unspecified atom stereocenters. The summed E-state index contributed by atoms with van der Waals surface area (Å²) in [5.74, 6) is 1.16. The second-order valence-corrected chi connectivity index (χ2v) is 7.71. The van der Waals surface area contributed by atoms with Gasteiger partial charge in [-0.3, -0.25) is 4.79 Å². The SMILES string of the molecule is COc1ccc(OC)c(-n2nnnc2SCC(=O)Nc2nc3ccccc3s2)c1. The average Bonchev–Trinajstić information content (AvgIpc) is 3.37. The Balaban J connectivity index is 1.47. The van der Waals surface area contributed by atoms with Gasteiger partial charge in [0.25, 0.3) is 0 Å². The molecule has 0 atom stereocenters. The van der Waals surface area contributed by atoms with Gasteiger partial charge in [-0.1, -0.05) is 35.2 Å². The summed E-state index contributed by atoms with van der Waals surface area (Å²) in [4.78, 5) is 16.8. The summed E-state index contributed by atoms with van der Waals surface area (Å²) >= 11 is 2.64. The minimum absolute atomic E-state index is 0.128. The third-order valence-corrected chi connectivity index (χ3v) is 5.80. The zero-order valence-corrected chi connectivity index (χ0v) is 17.2. The van der Waals surface area contributed by atoms with E-state index in [1.54, 1.807) is 32.4 Å². The molecule has 0 fully saturated rings. The molecule has 148 valence electrons. The number of thioether (sulfide) groups is 1. The summed E-state index contributed by atoms with van der Waals surface area (Å²) in [7, 11) is 3.14. The highest BCUT2D eigenvalue weighted by Crippen LogP contribution is 2.30. The zero-order valence-electron chi connectivity index (χ0n) is 15.5. The lowest BCUT2D eigenvalue weighted by molar-refractivity contribution is -0.113. The predicted molar refractivity (Wildman–Crippen MR) is 111 cm³/mol. The van der Waals surface area contributed by atoms with Crippen LogP contribution in [-0.4, -0.2) is 51.1 Å². The number of nitrogens with zero attached hydrogens (tertiary/aromatic N) is 5. The average molecular weight is 428 g/mol. The van der Waals surface area contributed by atoms with Crippen molar-refractivity contribution >= 4 is 44.4 Å². The fourth-order valence-corrected chi connectivity index (χ4v) is 4.16. The summed E-state index contributed by atoms with van der Waals surface area (Å²) in [5, 5.41) is 15.6. The number of hydrogen-bond acceptors (Lipinski definition) is 9. The van der Waals surface area contributed by atoms with Crippen LogP contribution < -0.4 is 14.8 Å². The largest absolute Gasteiger partial charge is 0.497 e. The van der Waals surface area contributed by atoms with Gasteiger partial charge in [-0.15, -0.1) is 5.10 Å². The van der Waals surface area contributed by atoms with Crippen molar-refractivity contribution in [2.75, 3.05) is 25.3 Å². The highest BCUT2D eigenvalue weighted by atomic mass is 32.2. The highest BCUT2D eigenvalue weighted by Gasteiger charge is 2.16. The van der Waals surface area contributed by atoms with Crippen molar-refractivity contribution in [1.29, 1.82) is 0 Å². The Morgan fingerprint density at radius 2 is 2.07 bits per heavy atom. The number of carbonyl (C=O) groups excluding carboxylic acids is 1. The van der Waals surface area contributed by atoms with Gasteiger partial charge in [-0.25, -0.2) is 4.98 Å². The molecular weight excluding hydrogens is 412 g/mol. The second-order valence-electron chi connectivity index (χ2n) is 5.73. The molecule has 29 heavy (non-hydrogen) atoms. The first-order valence-corrected chi connectivity index (χ1v) is 10.3. The maximum absolute atomic E-state index is 12.4. The summed E-state index contributed by atoms with van der Waals surface area (Å²) in [5.41, 5.74) is 1.47. The first-order valence-electron chi connectivity index (χ1n) is 8.47. The lowest BCUT2D eigenvalue weighted by Crippen LogP contribution is -2.14. The number of hydrogen-bond donors (Lipinski definition) is 1. The molecule has 4 aromatic rings. The van der Waals surface area contributed by atoms with E-state index < -0.39 is 0 Å². The third-order valence-electron chi connectivity index (χ3n) is 3.93. The monoisotopic (exact) mass is 428 g/mol. The van der Waals surface area contributed by atoms with Crippen LogP contribution in [-0.2, 0) is 4.79 Å². The number of para-hydroxylation sites is 1. The van der Waals surface area contributed by atoms with Gasteiger partial charge in [-0.2, -0.15) is 4.68 Å². The van der Waals surface area contributed by atoms with Gasteiger partial charge in [0.1, 0.15) is 17.2 Å². The number of rotatable bonds is 7. The fourth-order valence-electron chi connectivity index (χ4n) is 2.59. The van der Waals surface area contributed by atoms with Gasteiger partial charge in [0, 0.05) is 6.07 Å². The molecule has 0 aliphatic rings. The topological polar surface area (TPSA) is 104 Å². The minimum atomic E-state index is -0.193. The molecule has 11 heteroatoms. The number of thiazole rings is 1. The Hall–Kier alpha value is -3.18. The first-order chi connectivity index (χ1) is 14.2. The molecule has 9 nitrogen and oxygen atoms in total. The quantitative estimate of drug-likeness (QED) is 0.448. The van der Waals surface area contributed by atoms with E-state index >= 15 is 0 Å². The number of benzene rings is 2. The van der Waals surface area contributed by atoms with Crippen molar-refractivity contribution in [3.8, 4) is 17.2 Å². The maximum atomic E-state index is 12.4. The molecule has 2 heterocycles. The first kappa shape index (κ1) is 19.2. The Kier molecular flexibility index (Phi) is 5.58. The molecule has 4 rings (SSSR count). The lowest BCUT2D eigenvalue weighted by atomic mass is 10.3. The number of anilines is 1. The van der Waals surface area contributed by atoms with Gasteiger partial charge in [-0.05, 0) is 34.7 Å². The van der Waals surface area contributed by atoms with Crippen LogP contribution in [0.3, 0.4) is 0 Å². The number of ether oxygens (including phenoxy) is 2. The fraction of sp³-hybridized carbons (Fsp3) is 0.167. The van der Waals surface area contributed by atoms with Crippen LogP contribution in [0.4, 0.5) is 5.13 Å². The molecule has 0 aliphatic heterocycles. The summed E-state index contributed by atoms with van der Waals surface area (Å²) in [6, 6.07) is 13.0. The molecule has 0 saturated heterocycles. The van der Waals surface area contributed by atoms with Gasteiger partial charge in [0.2, 0.25) is 11.1 Å². The van der Waals surface area contributed by atoms with Crippen molar-refractivity contribution in [3.63, 3.8) is 0 Å². The minimum Gasteiger partial charge on any atom is -0.497 e. The van der Waals surface area contributed by atoms with E-state index in [4.69, 9.17) is 9.47 Å². The Morgan fingerprint density at radius 1 is 1.21 bits per heavy atom. The van der Waals surface area contributed by atoms with Crippen LogP contribution in [0, 0.1) is 0 Å². The van der Waals surface area contributed by atoms with E-state index in [-0.39, 0.29) is 11.7 Å². The number of nitrogens with one attached hydrogen (secondary N) is 1. The third kappa shape index (κ3) is 4.15. The van der Waals surface area contributed by atoms with E-state index in [9.17, 15) is 4.79 Å². The summed E-state index contributed by atoms with van der Waals surface area (Å²) in [6.45, 7) is 0. The molecule has 2 aromatic heterocycles. The summed E-state index contributed by atoms with van der Waals surface area (Å²) < 4.78 is 13.2. The predicted octanol–water partition coefficient (Wildman–Crippen LogP) is 3.02. The Morgan fingerprint density at radius 3 is 2.86 bits per heavy atom. The standard InChI is InChI=1S/C18H16N6O3S2/c1-26-11-7-8-14(27-2)13(9-11)24-18(21-22-23-24)28-10-16(25)20-17-19-12-5-3-4-6-15(12)29-17/h3-9H,10H2,1-2H3,(H,19,20,25). The molecule has 1 amide bonds. The van der Waals surface area contributed by atoms with Gasteiger partial charge in [0.05, 0.1) is 30.2 Å². The molecular formula is C18H16N6O3S2. The lowest BCUT2D eigenvalue weighted by Gasteiger charge is -2.11. The van der Waals surface area contributed by atoms with Crippen LogP contribution in [0.2, 0.25) is 0 Å². The molecule has 1 N–H and O–H groups in total. The van der Waals surface area contributed by atoms with E-state index in [0.29, 0.717) is 27.5 Å². The number of aromatic nitrogens is 5. The van der Waals surface area contributed by atoms with Crippen molar-refractivity contribution in [2.45, 2.75) is 5.16 Å². The van der Waals surface area contributed by atoms with E-state index in [1.807, 2.05) is 24.3 Å². The maximum Gasteiger partial charge on any atom is 0.236 e. The molecule has 2 aromatic carbocycles. The molecule has 0 saturated carbocycles. The molecule has 0 aliphatic carbocycles. The van der Waals surface area contributed by atoms with Gasteiger partial charge < -0.3 is 14.8 Å². The number of tetrazole rings is 1.